The highest BCUT2D eigenvalue weighted by Crippen LogP contribution is 2.35. The van der Waals surface area contributed by atoms with E-state index in [1.165, 1.54) is 19.0 Å². The van der Waals surface area contributed by atoms with Crippen molar-refractivity contribution in [3.05, 3.63) is 28.5 Å². The maximum absolute atomic E-state index is 11.6. The van der Waals surface area contributed by atoms with Crippen LogP contribution in [0.1, 0.15) is 36.5 Å². The number of nitrogens with zero attached hydrogens (tertiary/aromatic N) is 2. The minimum Gasteiger partial charge on any atom is -0.380 e. The van der Waals surface area contributed by atoms with Crippen molar-refractivity contribution in [3.8, 4) is 0 Å². The minimum atomic E-state index is -0.460. The van der Waals surface area contributed by atoms with Gasteiger partial charge in [-0.1, -0.05) is 12.8 Å². The van der Waals surface area contributed by atoms with Crippen LogP contribution in [0.15, 0.2) is 22.9 Å². The Hall–Kier alpha value is -1.56. The molecule has 2 heterocycles. The van der Waals surface area contributed by atoms with Crippen molar-refractivity contribution < 1.29 is 4.79 Å². The van der Waals surface area contributed by atoms with Gasteiger partial charge in [0.1, 0.15) is 0 Å². The predicted molar refractivity (Wildman–Crippen MR) is 81.8 cm³/mol. The first kappa shape index (κ1) is 13.4. The number of primary amides is 1. The highest BCUT2D eigenvalue weighted by Gasteiger charge is 2.24. The summed E-state index contributed by atoms with van der Waals surface area (Å²) in [4.78, 5) is 11.6. The molecule has 1 fully saturated rings. The van der Waals surface area contributed by atoms with Gasteiger partial charge in [-0.2, -0.15) is 5.10 Å². The molecule has 0 spiro atoms. The van der Waals surface area contributed by atoms with Crippen molar-refractivity contribution in [1.82, 2.24) is 9.61 Å². The van der Waals surface area contributed by atoms with Gasteiger partial charge < -0.3 is 11.1 Å². The fourth-order valence-electron chi connectivity index (χ4n) is 2.52. The molecule has 6 heteroatoms. The number of nitrogens with one attached hydrogen (secondary N) is 1. The van der Waals surface area contributed by atoms with Gasteiger partial charge in [0.15, 0.2) is 0 Å². The zero-order valence-electron chi connectivity index (χ0n) is 11.3. The van der Waals surface area contributed by atoms with E-state index in [2.05, 4.69) is 33.3 Å². The Balaban J connectivity index is 1.99. The van der Waals surface area contributed by atoms with Gasteiger partial charge in [-0.15, -0.1) is 0 Å². The van der Waals surface area contributed by atoms with E-state index >= 15 is 0 Å². The molecule has 0 saturated heterocycles. The largest absolute Gasteiger partial charge is 0.380 e. The SMILES string of the molecule is CC(CC1CC1)Nc1c(C(N)=O)cnn2cc(Br)cc12. The summed E-state index contributed by atoms with van der Waals surface area (Å²) < 4.78 is 2.66. The summed E-state index contributed by atoms with van der Waals surface area (Å²) >= 11 is 3.43. The first-order valence-corrected chi connectivity index (χ1v) is 7.57. The fourth-order valence-corrected chi connectivity index (χ4v) is 2.93. The number of hydrogen-bond acceptors (Lipinski definition) is 3. The van der Waals surface area contributed by atoms with E-state index in [1.54, 1.807) is 4.52 Å². The number of carbonyl (C=O) groups excluding carboxylic acids is 1. The Kier molecular flexibility index (Phi) is 3.41. The van der Waals surface area contributed by atoms with Crippen molar-refractivity contribution >= 4 is 33.0 Å². The van der Waals surface area contributed by atoms with E-state index in [9.17, 15) is 4.79 Å². The molecule has 1 atom stereocenters. The summed E-state index contributed by atoms with van der Waals surface area (Å²) in [6, 6.07) is 2.24. The van der Waals surface area contributed by atoms with Crippen LogP contribution in [0.4, 0.5) is 5.69 Å². The highest BCUT2D eigenvalue weighted by atomic mass is 79.9. The molecule has 5 nitrogen and oxygen atoms in total. The standard InChI is InChI=1S/C14H17BrN4O/c1-8(4-9-2-3-9)18-13-11(14(16)20)6-17-19-7-10(15)5-12(13)19/h5-9,18H,2-4H2,1H3,(H2,16,20). The number of amides is 1. The quantitative estimate of drug-likeness (QED) is 0.881. The first-order chi connectivity index (χ1) is 9.54. The number of fused-ring (bicyclic) bond motifs is 1. The van der Waals surface area contributed by atoms with Gasteiger partial charge in [0.25, 0.3) is 5.91 Å². The first-order valence-electron chi connectivity index (χ1n) is 6.78. The van der Waals surface area contributed by atoms with Gasteiger partial charge in [-0.05, 0) is 41.3 Å². The topological polar surface area (TPSA) is 72.4 Å². The molecule has 106 valence electrons. The van der Waals surface area contributed by atoms with E-state index in [0.29, 0.717) is 11.6 Å². The third-order valence-corrected chi connectivity index (χ3v) is 4.08. The molecule has 1 saturated carbocycles. The number of anilines is 1. The van der Waals surface area contributed by atoms with E-state index in [0.717, 1.165) is 28.0 Å². The molecule has 2 aromatic rings. The molecule has 2 aromatic heterocycles. The Bertz CT molecular complexity index is 662. The van der Waals surface area contributed by atoms with Crippen LogP contribution in [0.5, 0.6) is 0 Å². The number of carbonyl (C=O) groups is 1. The molecule has 3 N–H and O–H groups in total. The average molecular weight is 337 g/mol. The van der Waals surface area contributed by atoms with E-state index < -0.39 is 5.91 Å². The van der Waals surface area contributed by atoms with Crippen molar-refractivity contribution in [2.45, 2.75) is 32.2 Å². The second kappa shape index (κ2) is 5.09. The molecule has 0 radical (unpaired) electrons. The lowest BCUT2D eigenvalue weighted by molar-refractivity contribution is 0.100. The summed E-state index contributed by atoms with van der Waals surface area (Å²) in [6.45, 7) is 2.14. The van der Waals surface area contributed by atoms with Crippen molar-refractivity contribution in [2.75, 3.05) is 5.32 Å². The number of nitrogens with two attached hydrogens (primary N) is 1. The Morgan fingerprint density at radius 1 is 1.65 bits per heavy atom. The third-order valence-electron chi connectivity index (χ3n) is 3.64. The molecule has 3 rings (SSSR count). The lowest BCUT2D eigenvalue weighted by Crippen LogP contribution is -2.21. The maximum Gasteiger partial charge on any atom is 0.252 e. The van der Waals surface area contributed by atoms with Crippen LogP contribution in [0.3, 0.4) is 0 Å². The summed E-state index contributed by atoms with van der Waals surface area (Å²) in [7, 11) is 0. The second-order valence-electron chi connectivity index (χ2n) is 5.51. The second-order valence-corrected chi connectivity index (χ2v) is 6.43. The normalized spacial score (nSPS) is 16.3. The zero-order valence-corrected chi connectivity index (χ0v) is 12.9. The number of aromatic nitrogens is 2. The number of rotatable bonds is 5. The smallest absolute Gasteiger partial charge is 0.252 e. The summed E-state index contributed by atoms with van der Waals surface area (Å²) in [5.41, 5.74) is 7.52. The summed E-state index contributed by atoms with van der Waals surface area (Å²) in [5, 5.41) is 7.65. The maximum atomic E-state index is 11.6. The van der Waals surface area contributed by atoms with Crippen molar-refractivity contribution in [3.63, 3.8) is 0 Å². The predicted octanol–water partition coefficient (Wildman–Crippen LogP) is 2.80. The molecular weight excluding hydrogens is 320 g/mol. The fraction of sp³-hybridized carbons (Fsp3) is 0.429. The average Bonchev–Trinajstić information content (AvgIpc) is 3.08. The molecule has 1 amide bonds. The molecule has 0 aliphatic heterocycles. The van der Waals surface area contributed by atoms with Crippen LogP contribution in [0, 0.1) is 5.92 Å². The Morgan fingerprint density at radius 3 is 3.05 bits per heavy atom. The summed E-state index contributed by atoms with van der Waals surface area (Å²) in [6.07, 6.45) is 7.13. The third kappa shape index (κ3) is 2.65. The van der Waals surface area contributed by atoms with E-state index in [1.807, 2.05) is 12.3 Å². The van der Waals surface area contributed by atoms with Crippen LogP contribution < -0.4 is 11.1 Å². The lowest BCUT2D eigenvalue weighted by atomic mass is 10.1. The highest BCUT2D eigenvalue weighted by molar-refractivity contribution is 9.10. The van der Waals surface area contributed by atoms with Gasteiger partial charge in [0.05, 0.1) is 23.0 Å². The molecule has 1 unspecified atom stereocenters. The molecule has 1 aliphatic rings. The van der Waals surface area contributed by atoms with Crippen LogP contribution in [-0.2, 0) is 0 Å². The lowest BCUT2D eigenvalue weighted by Gasteiger charge is -2.17. The summed E-state index contributed by atoms with van der Waals surface area (Å²) in [5.74, 6) is 0.365. The molecule has 20 heavy (non-hydrogen) atoms. The Labute approximate surface area is 125 Å². The minimum absolute atomic E-state index is 0.306. The monoisotopic (exact) mass is 336 g/mol. The number of halogens is 1. The van der Waals surface area contributed by atoms with Crippen LogP contribution >= 0.6 is 15.9 Å². The van der Waals surface area contributed by atoms with Gasteiger partial charge in [-0.3, -0.25) is 4.79 Å². The van der Waals surface area contributed by atoms with Crippen LogP contribution in [0.2, 0.25) is 0 Å². The van der Waals surface area contributed by atoms with E-state index in [-0.39, 0.29) is 0 Å². The van der Waals surface area contributed by atoms with Crippen LogP contribution in [-0.4, -0.2) is 21.6 Å². The van der Waals surface area contributed by atoms with Gasteiger partial charge in [0, 0.05) is 16.7 Å². The molecule has 0 bridgehead atoms. The van der Waals surface area contributed by atoms with Crippen LogP contribution in [0.25, 0.3) is 5.52 Å². The Morgan fingerprint density at radius 2 is 2.40 bits per heavy atom. The molecule has 1 aliphatic carbocycles. The number of hydrogen-bond donors (Lipinski definition) is 2. The zero-order chi connectivity index (χ0) is 14.3. The van der Waals surface area contributed by atoms with Gasteiger partial charge >= 0.3 is 0 Å². The van der Waals surface area contributed by atoms with Gasteiger partial charge in [-0.25, -0.2) is 4.52 Å². The van der Waals surface area contributed by atoms with Crippen molar-refractivity contribution in [2.24, 2.45) is 11.7 Å². The van der Waals surface area contributed by atoms with Gasteiger partial charge in [0.2, 0.25) is 0 Å². The molecule has 0 aromatic carbocycles. The molecular formula is C14H17BrN4O. The van der Waals surface area contributed by atoms with E-state index in [4.69, 9.17) is 5.73 Å². The van der Waals surface area contributed by atoms with Crippen molar-refractivity contribution in [1.29, 1.82) is 0 Å².